The number of hydrogen-bond acceptors (Lipinski definition) is 1. The summed E-state index contributed by atoms with van der Waals surface area (Å²) in [5.41, 5.74) is 9.26. The van der Waals surface area contributed by atoms with Crippen molar-refractivity contribution in [3.05, 3.63) is 82.7 Å². The summed E-state index contributed by atoms with van der Waals surface area (Å²) in [5.74, 6) is 1.49. The molecule has 1 heteroatoms. The van der Waals surface area contributed by atoms with Gasteiger partial charge in [0, 0.05) is 17.9 Å². The molecule has 1 atom stereocenters. The summed E-state index contributed by atoms with van der Waals surface area (Å²) in [6.45, 7) is 13.0. The molecule has 0 fully saturated rings. The molecule has 1 aromatic rings. The first-order valence-corrected chi connectivity index (χ1v) is 8.80. The van der Waals surface area contributed by atoms with E-state index in [0.717, 1.165) is 24.2 Å². The Morgan fingerprint density at radius 2 is 2.12 bits per heavy atom. The molecule has 0 spiro atoms. The molecule has 0 saturated carbocycles. The molecule has 0 saturated heterocycles. The van der Waals surface area contributed by atoms with Crippen LogP contribution in [0.4, 0.5) is 0 Å². The van der Waals surface area contributed by atoms with Gasteiger partial charge in [-0.2, -0.15) is 0 Å². The average molecular weight is 320 g/mol. The molecule has 126 valence electrons. The fraction of sp³-hybridized carbons (Fsp3) is 0.348. The van der Waals surface area contributed by atoms with Crippen molar-refractivity contribution in [2.75, 3.05) is 6.61 Å². The van der Waals surface area contributed by atoms with Gasteiger partial charge in [0.15, 0.2) is 0 Å². The summed E-state index contributed by atoms with van der Waals surface area (Å²) in [5, 5.41) is 0. The van der Waals surface area contributed by atoms with Crippen LogP contribution in [0.5, 0.6) is 5.75 Å². The minimum absolute atomic E-state index is 0.522. The third-order valence-corrected chi connectivity index (χ3v) is 4.53. The largest absolute Gasteiger partial charge is 0.494 e. The van der Waals surface area contributed by atoms with Crippen molar-refractivity contribution in [1.29, 1.82) is 0 Å². The lowest BCUT2D eigenvalue weighted by atomic mass is 9.85. The van der Waals surface area contributed by atoms with Crippen LogP contribution in [0.2, 0.25) is 0 Å². The quantitative estimate of drug-likeness (QED) is 0.574. The smallest absolute Gasteiger partial charge is 0.122 e. The molecule has 0 amide bonds. The Kier molecular flexibility index (Phi) is 6.46. The summed E-state index contributed by atoms with van der Waals surface area (Å²) < 4.78 is 5.72. The molecule has 1 aliphatic rings. The van der Waals surface area contributed by atoms with Crippen LogP contribution in [0.25, 0.3) is 0 Å². The van der Waals surface area contributed by atoms with Crippen LogP contribution in [0, 0.1) is 12.8 Å². The lowest BCUT2D eigenvalue weighted by molar-refractivity contribution is 0.337. The summed E-state index contributed by atoms with van der Waals surface area (Å²) in [6.07, 6.45) is 10.9. The van der Waals surface area contributed by atoms with E-state index in [-0.39, 0.29) is 0 Å². The van der Waals surface area contributed by atoms with Crippen molar-refractivity contribution in [1.82, 2.24) is 0 Å². The maximum absolute atomic E-state index is 5.72. The predicted octanol–water partition coefficient (Wildman–Crippen LogP) is 6.12. The van der Waals surface area contributed by atoms with Gasteiger partial charge in [0.2, 0.25) is 0 Å². The number of benzene rings is 1. The van der Waals surface area contributed by atoms with Crippen LogP contribution >= 0.6 is 0 Å². The van der Waals surface area contributed by atoms with Gasteiger partial charge in [-0.3, -0.25) is 0 Å². The summed E-state index contributed by atoms with van der Waals surface area (Å²) in [7, 11) is 0. The zero-order valence-electron chi connectivity index (χ0n) is 15.4. The average Bonchev–Trinajstić information content (AvgIpc) is 2.61. The van der Waals surface area contributed by atoms with Gasteiger partial charge in [-0.05, 0) is 55.5 Å². The Morgan fingerprint density at radius 1 is 1.33 bits per heavy atom. The lowest BCUT2D eigenvalue weighted by Crippen LogP contribution is -2.05. The van der Waals surface area contributed by atoms with E-state index in [1.807, 2.05) is 6.92 Å². The molecule has 0 heterocycles. The molecular formula is C23H28O. The SMILES string of the molecule is C=C=C(Cc1ccc(C)c(OCC)c1)C1=C/C(=C/C)C(CC)C=C1. The van der Waals surface area contributed by atoms with Gasteiger partial charge < -0.3 is 4.74 Å². The van der Waals surface area contributed by atoms with Crippen molar-refractivity contribution < 1.29 is 4.74 Å². The second-order valence-electron chi connectivity index (χ2n) is 6.13. The molecule has 2 rings (SSSR count). The highest BCUT2D eigenvalue weighted by Crippen LogP contribution is 2.30. The van der Waals surface area contributed by atoms with E-state index in [4.69, 9.17) is 4.74 Å². The highest BCUT2D eigenvalue weighted by Gasteiger charge is 2.14. The second kappa shape index (κ2) is 8.57. The predicted molar refractivity (Wildman–Crippen MR) is 103 cm³/mol. The monoisotopic (exact) mass is 320 g/mol. The van der Waals surface area contributed by atoms with Gasteiger partial charge in [0.25, 0.3) is 0 Å². The Hall–Kier alpha value is -2.24. The fourth-order valence-corrected chi connectivity index (χ4v) is 3.06. The van der Waals surface area contributed by atoms with Crippen molar-refractivity contribution in [2.45, 2.75) is 40.5 Å². The minimum Gasteiger partial charge on any atom is -0.494 e. The van der Waals surface area contributed by atoms with E-state index >= 15 is 0 Å². The first-order chi connectivity index (χ1) is 11.6. The number of ether oxygens (including phenoxy) is 1. The van der Waals surface area contributed by atoms with Gasteiger partial charge >= 0.3 is 0 Å². The number of rotatable bonds is 6. The second-order valence-corrected chi connectivity index (χ2v) is 6.13. The third-order valence-electron chi connectivity index (χ3n) is 4.53. The van der Waals surface area contributed by atoms with E-state index < -0.39 is 0 Å². The Bertz CT molecular complexity index is 724. The fourth-order valence-electron chi connectivity index (χ4n) is 3.06. The zero-order valence-corrected chi connectivity index (χ0v) is 15.4. The summed E-state index contributed by atoms with van der Waals surface area (Å²) in [4.78, 5) is 0. The van der Waals surface area contributed by atoms with E-state index in [2.05, 4.69) is 75.6 Å². The van der Waals surface area contributed by atoms with Crippen LogP contribution in [-0.2, 0) is 6.42 Å². The van der Waals surface area contributed by atoms with E-state index in [1.54, 1.807) is 0 Å². The molecule has 1 unspecified atom stereocenters. The molecule has 0 aromatic heterocycles. The number of aryl methyl sites for hydroxylation is 1. The van der Waals surface area contributed by atoms with Crippen molar-refractivity contribution in [2.24, 2.45) is 5.92 Å². The first-order valence-electron chi connectivity index (χ1n) is 8.80. The Labute approximate surface area is 146 Å². The first kappa shape index (κ1) is 18.1. The number of hydrogen-bond donors (Lipinski definition) is 0. The lowest BCUT2D eigenvalue weighted by Gasteiger charge is -2.19. The topological polar surface area (TPSA) is 9.23 Å². The van der Waals surface area contributed by atoms with Gasteiger partial charge in [-0.25, -0.2) is 0 Å². The van der Waals surface area contributed by atoms with Gasteiger partial charge in [0.1, 0.15) is 5.75 Å². The van der Waals surface area contributed by atoms with Crippen LogP contribution in [0.1, 0.15) is 38.3 Å². The normalized spacial score (nSPS) is 18.2. The van der Waals surface area contributed by atoms with Gasteiger partial charge in [-0.15, -0.1) is 5.73 Å². The molecular weight excluding hydrogens is 292 g/mol. The van der Waals surface area contributed by atoms with Crippen LogP contribution in [0.15, 0.2) is 71.5 Å². The van der Waals surface area contributed by atoms with Crippen LogP contribution < -0.4 is 4.74 Å². The minimum atomic E-state index is 0.522. The Balaban J connectivity index is 2.25. The summed E-state index contributed by atoms with van der Waals surface area (Å²) in [6, 6.07) is 6.42. The molecule has 1 nitrogen and oxygen atoms in total. The van der Waals surface area contributed by atoms with E-state index in [1.165, 1.54) is 22.3 Å². The molecule has 0 radical (unpaired) electrons. The maximum Gasteiger partial charge on any atom is 0.122 e. The Morgan fingerprint density at radius 3 is 2.75 bits per heavy atom. The zero-order chi connectivity index (χ0) is 17.5. The van der Waals surface area contributed by atoms with E-state index in [9.17, 15) is 0 Å². The highest BCUT2D eigenvalue weighted by molar-refractivity contribution is 5.51. The summed E-state index contributed by atoms with van der Waals surface area (Å²) >= 11 is 0. The maximum atomic E-state index is 5.72. The molecule has 24 heavy (non-hydrogen) atoms. The van der Waals surface area contributed by atoms with Crippen molar-refractivity contribution >= 4 is 0 Å². The molecule has 1 aliphatic carbocycles. The van der Waals surface area contributed by atoms with Crippen LogP contribution in [-0.4, -0.2) is 6.61 Å². The van der Waals surface area contributed by atoms with Crippen molar-refractivity contribution in [3.8, 4) is 5.75 Å². The highest BCUT2D eigenvalue weighted by atomic mass is 16.5. The van der Waals surface area contributed by atoms with Gasteiger partial charge in [-0.1, -0.05) is 49.9 Å². The molecule has 0 N–H and O–H groups in total. The van der Waals surface area contributed by atoms with Crippen LogP contribution in [0.3, 0.4) is 0 Å². The molecule has 1 aromatic carbocycles. The molecule has 0 aliphatic heterocycles. The molecule has 0 bridgehead atoms. The number of allylic oxidation sites excluding steroid dienone is 7. The van der Waals surface area contributed by atoms with Crippen molar-refractivity contribution in [3.63, 3.8) is 0 Å². The third kappa shape index (κ3) is 4.19. The van der Waals surface area contributed by atoms with E-state index in [0.29, 0.717) is 12.5 Å². The standard InChI is InChI=1S/C23H28O/c1-6-19-12-13-22(16-21(19)8-3)20(7-2)14-18-11-10-17(5)23(15-18)24-9-4/h8,10-13,15-16,19H,2,6,9,14H2,1,3-5H3/b21-8-. The van der Waals surface area contributed by atoms with Gasteiger partial charge in [0.05, 0.1) is 6.61 Å².